The number of fused-ring (bicyclic) bond motifs is 1. The number of para-hydroxylation sites is 1. The van der Waals surface area contributed by atoms with Gasteiger partial charge in [0.1, 0.15) is 5.60 Å². The van der Waals surface area contributed by atoms with Gasteiger partial charge >= 0.3 is 0 Å². The molecule has 0 spiro atoms. The van der Waals surface area contributed by atoms with E-state index in [1.807, 2.05) is 37.4 Å². The smallest absolute Gasteiger partial charge is 0.101 e. The van der Waals surface area contributed by atoms with Crippen molar-refractivity contribution in [3.63, 3.8) is 0 Å². The lowest BCUT2D eigenvalue weighted by molar-refractivity contribution is 0.0605. The summed E-state index contributed by atoms with van der Waals surface area (Å²) in [5, 5.41) is 14.4. The predicted octanol–water partition coefficient (Wildman–Crippen LogP) is 1.66. The van der Waals surface area contributed by atoms with Crippen molar-refractivity contribution in [2.75, 3.05) is 13.6 Å². The first kappa shape index (κ1) is 11.0. The Labute approximate surface area is 95.1 Å². The Balaban J connectivity index is 2.60. The molecule has 2 rings (SSSR count). The summed E-state index contributed by atoms with van der Waals surface area (Å²) in [7, 11) is 1.83. The highest BCUT2D eigenvalue weighted by Crippen LogP contribution is 2.26. The maximum absolute atomic E-state index is 10.4. The van der Waals surface area contributed by atoms with Crippen molar-refractivity contribution in [2.45, 2.75) is 12.5 Å². The number of aliphatic hydroxyl groups is 1. The summed E-state index contributed by atoms with van der Waals surface area (Å²) in [5.74, 6) is 0. The number of aromatic nitrogens is 1. The van der Waals surface area contributed by atoms with Crippen molar-refractivity contribution >= 4 is 10.9 Å². The largest absolute Gasteiger partial charge is 0.384 e. The van der Waals surface area contributed by atoms with Gasteiger partial charge < -0.3 is 10.4 Å². The van der Waals surface area contributed by atoms with Crippen LogP contribution < -0.4 is 5.32 Å². The lowest BCUT2D eigenvalue weighted by Crippen LogP contribution is -2.33. The average Bonchev–Trinajstić information content (AvgIpc) is 2.28. The second-order valence-electron chi connectivity index (χ2n) is 4.18. The molecular weight excluding hydrogens is 200 g/mol. The Morgan fingerprint density at radius 3 is 2.81 bits per heavy atom. The van der Waals surface area contributed by atoms with Crippen LogP contribution >= 0.6 is 0 Å². The van der Waals surface area contributed by atoms with Gasteiger partial charge in [0, 0.05) is 23.7 Å². The van der Waals surface area contributed by atoms with Crippen molar-refractivity contribution in [1.82, 2.24) is 10.3 Å². The number of benzene rings is 1. The number of rotatable bonds is 3. The Kier molecular flexibility index (Phi) is 2.90. The van der Waals surface area contributed by atoms with E-state index in [-0.39, 0.29) is 0 Å². The number of pyridine rings is 1. The van der Waals surface area contributed by atoms with Crippen molar-refractivity contribution < 1.29 is 5.11 Å². The van der Waals surface area contributed by atoms with E-state index >= 15 is 0 Å². The Morgan fingerprint density at radius 1 is 1.31 bits per heavy atom. The van der Waals surface area contributed by atoms with Gasteiger partial charge in [-0.05, 0) is 20.0 Å². The molecular formula is C13H16N2O. The fourth-order valence-corrected chi connectivity index (χ4v) is 1.98. The normalized spacial score (nSPS) is 14.9. The van der Waals surface area contributed by atoms with Crippen molar-refractivity contribution in [2.24, 2.45) is 0 Å². The third kappa shape index (κ3) is 1.92. The molecule has 1 heterocycles. The van der Waals surface area contributed by atoms with Crippen LogP contribution in [0.2, 0.25) is 0 Å². The Bertz CT molecular complexity index is 489. The highest BCUT2D eigenvalue weighted by atomic mass is 16.3. The number of nitrogens with zero attached hydrogens (tertiary/aromatic N) is 1. The zero-order valence-electron chi connectivity index (χ0n) is 9.57. The molecule has 84 valence electrons. The van der Waals surface area contributed by atoms with Gasteiger partial charge in [-0.3, -0.25) is 4.98 Å². The molecule has 2 N–H and O–H groups in total. The fraction of sp³-hybridized carbons (Fsp3) is 0.308. The van der Waals surface area contributed by atoms with Gasteiger partial charge in [0.25, 0.3) is 0 Å². The van der Waals surface area contributed by atoms with Crippen LogP contribution in [-0.2, 0) is 5.60 Å². The molecule has 1 aromatic carbocycles. The summed E-state index contributed by atoms with van der Waals surface area (Å²) in [4.78, 5) is 4.34. The average molecular weight is 216 g/mol. The molecule has 0 radical (unpaired) electrons. The molecule has 1 unspecified atom stereocenters. The number of hydrogen-bond acceptors (Lipinski definition) is 3. The quantitative estimate of drug-likeness (QED) is 0.820. The van der Waals surface area contributed by atoms with E-state index in [0.29, 0.717) is 6.54 Å². The summed E-state index contributed by atoms with van der Waals surface area (Å²) in [6.07, 6.45) is 1.75. The molecule has 3 nitrogen and oxygen atoms in total. The first-order valence-corrected chi connectivity index (χ1v) is 5.36. The number of nitrogens with one attached hydrogen (secondary N) is 1. The van der Waals surface area contributed by atoms with E-state index in [0.717, 1.165) is 16.5 Å². The molecule has 1 atom stereocenters. The molecule has 16 heavy (non-hydrogen) atoms. The minimum absolute atomic E-state index is 0.503. The maximum atomic E-state index is 10.4. The second-order valence-corrected chi connectivity index (χ2v) is 4.18. The van der Waals surface area contributed by atoms with Gasteiger partial charge in [-0.25, -0.2) is 0 Å². The van der Waals surface area contributed by atoms with Crippen LogP contribution in [-0.4, -0.2) is 23.7 Å². The summed E-state index contributed by atoms with van der Waals surface area (Å²) in [5.41, 5.74) is 0.827. The lowest BCUT2D eigenvalue weighted by Gasteiger charge is -2.24. The van der Waals surface area contributed by atoms with E-state index in [9.17, 15) is 5.11 Å². The van der Waals surface area contributed by atoms with Crippen LogP contribution in [0, 0.1) is 0 Å². The molecule has 0 aliphatic rings. The van der Waals surface area contributed by atoms with Crippen LogP contribution in [0.3, 0.4) is 0 Å². The van der Waals surface area contributed by atoms with Crippen molar-refractivity contribution in [1.29, 1.82) is 0 Å². The SMILES string of the molecule is CNCC(C)(O)c1cccc2cccnc12. The zero-order valence-corrected chi connectivity index (χ0v) is 9.57. The van der Waals surface area contributed by atoms with Crippen LogP contribution in [0.5, 0.6) is 0 Å². The van der Waals surface area contributed by atoms with E-state index < -0.39 is 5.60 Å². The third-order valence-corrected chi connectivity index (χ3v) is 2.73. The van der Waals surface area contributed by atoms with Crippen LogP contribution in [0.25, 0.3) is 10.9 Å². The van der Waals surface area contributed by atoms with Gasteiger partial charge in [-0.15, -0.1) is 0 Å². The van der Waals surface area contributed by atoms with Crippen LogP contribution in [0.4, 0.5) is 0 Å². The van der Waals surface area contributed by atoms with Gasteiger partial charge in [0.2, 0.25) is 0 Å². The topological polar surface area (TPSA) is 45.1 Å². The highest BCUT2D eigenvalue weighted by molar-refractivity contribution is 5.82. The summed E-state index contributed by atoms with van der Waals surface area (Å²) in [6, 6.07) is 9.78. The van der Waals surface area contributed by atoms with Crippen molar-refractivity contribution in [3.8, 4) is 0 Å². The van der Waals surface area contributed by atoms with Gasteiger partial charge in [0.05, 0.1) is 5.52 Å². The molecule has 0 saturated heterocycles. The van der Waals surface area contributed by atoms with Crippen LogP contribution in [0.1, 0.15) is 12.5 Å². The monoisotopic (exact) mass is 216 g/mol. The Hall–Kier alpha value is -1.45. The molecule has 0 saturated carbocycles. The Morgan fingerprint density at radius 2 is 2.06 bits per heavy atom. The number of hydrogen-bond donors (Lipinski definition) is 2. The van der Waals surface area contributed by atoms with E-state index in [1.54, 1.807) is 13.1 Å². The minimum Gasteiger partial charge on any atom is -0.384 e. The molecule has 0 bridgehead atoms. The first-order valence-electron chi connectivity index (χ1n) is 5.36. The van der Waals surface area contributed by atoms with E-state index in [1.165, 1.54) is 0 Å². The second kappa shape index (κ2) is 4.20. The zero-order chi connectivity index (χ0) is 11.6. The minimum atomic E-state index is -0.900. The molecule has 2 aromatic rings. The molecule has 0 aliphatic heterocycles. The van der Waals surface area contributed by atoms with Gasteiger partial charge in [0.15, 0.2) is 0 Å². The highest BCUT2D eigenvalue weighted by Gasteiger charge is 2.24. The maximum Gasteiger partial charge on any atom is 0.101 e. The molecule has 1 aromatic heterocycles. The first-order chi connectivity index (χ1) is 7.65. The molecule has 0 fully saturated rings. The van der Waals surface area contributed by atoms with Gasteiger partial charge in [-0.1, -0.05) is 24.3 Å². The van der Waals surface area contributed by atoms with E-state index in [4.69, 9.17) is 0 Å². The molecule has 3 heteroatoms. The molecule has 0 aliphatic carbocycles. The summed E-state index contributed by atoms with van der Waals surface area (Å²) >= 11 is 0. The predicted molar refractivity (Wildman–Crippen MR) is 65.2 cm³/mol. The third-order valence-electron chi connectivity index (χ3n) is 2.73. The van der Waals surface area contributed by atoms with E-state index in [2.05, 4.69) is 10.3 Å². The summed E-state index contributed by atoms with van der Waals surface area (Å²) in [6.45, 7) is 2.30. The summed E-state index contributed by atoms with van der Waals surface area (Å²) < 4.78 is 0. The van der Waals surface area contributed by atoms with Crippen LogP contribution in [0.15, 0.2) is 36.5 Å². The fourth-order valence-electron chi connectivity index (χ4n) is 1.98. The molecule has 0 amide bonds. The number of likely N-dealkylation sites (N-methyl/N-ethyl adjacent to an activating group) is 1. The lowest BCUT2D eigenvalue weighted by atomic mass is 9.93. The van der Waals surface area contributed by atoms with Gasteiger partial charge in [-0.2, -0.15) is 0 Å². The van der Waals surface area contributed by atoms with Crippen molar-refractivity contribution in [3.05, 3.63) is 42.1 Å². The standard InChI is InChI=1S/C13H16N2O/c1-13(16,9-14-2)11-7-3-5-10-6-4-8-15-12(10)11/h3-8,14,16H,9H2,1-2H3.